The summed E-state index contributed by atoms with van der Waals surface area (Å²) in [4.78, 5) is 13.4. The number of halogens is 5. The van der Waals surface area contributed by atoms with Gasteiger partial charge in [-0.2, -0.15) is 23.1 Å². The van der Waals surface area contributed by atoms with Crippen LogP contribution in [0.5, 0.6) is 11.9 Å². The molecule has 0 saturated heterocycles. The maximum Gasteiger partial charge on any atom is 0.422 e. The second-order valence-electron chi connectivity index (χ2n) is 6.87. The molecular formula is C18H23ClF4N4O2. The van der Waals surface area contributed by atoms with Crippen LogP contribution in [-0.2, 0) is 0 Å². The van der Waals surface area contributed by atoms with Crippen molar-refractivity contribution in [1.82, 2.24) is 19.9 Å². The van der Waals surface area contributed by atoms with Crippen LogP contribution in [-0.4, -0.2) is 59.9 Å². The summed E-state index contributed by atoms with van der Waals surface area (Å²) < 4.78 is 62.1. The molecule has 11 heteroatoms. The highest BCUT2D eigenvalue weighted by Gasteiger charge is 2.44. The maximum atomic E-state index is 14.3. The summed E-state index contributed by atoms with van der Waals surface area (Å²) in [6.45, 7) is 3.45. The van der Waals surface area contributed by atoms with Crippen molar-refractivity contribution in [2.24, 2.45) is 5.41 Å². The SMILES string of the molecule is CC.CN(C)CC1(COc2nc(OCC(F)(F)F)c3cnc(Cl)c(F)c3n2)CC1. The summed E-state index contributed by atoms with van der Waals surface area (Å²) in [5.74, 6) is -1.44. The number of pyridine rings is 1. The predicted octanol–water partition coefficient (Wildman–Crippen LogP) is 4.51. The number of hydrogen-bond acceptors (Lipinski definition) is 6. The molecule has 1 saturated carbocycles. The minimum Gasteiger partial charge on any atom is -0.467 e. The van der Waals surface area contributed by atoms with Gasteiger partial charge in [-0.3, -0.25) is 0 Å². The average Bonchev–Trinajstić information content (AvgIpc) is 3.41. The Labute approximate surface area is 171 Å². The van der Waals surface area contributed by atoms with Gasteiger partial charge in [-0.25, -0.2) is 9.37 Å². The van der Waals surface area contributed by atoms with E-state index in [0.717, 1.165) is 25.6 Å². The molecule has 1 aliphatic rings. The van der Waals surface area contributed by atoms with Gasteiger partial charge < -0.3 is 14.4 Å². The van der Waals surface area contributed by atoms with Crippen LogP contribution < -0.4 is 9.47 Å². The first-order valence-corrected chi connectivity index (χ1v) is 9.45. The summed E-state index contributed by atoms with van der Waals surface area (Å²) in [6.07, 6.45) is -1.63. The van der Waals surface area contributed by atoms with E-state index in [-0.39, 0.29) is 28.9 Å². The Morgan fingerprint density at radius 1 is 1.17 bits per heavy atom. The Hall–Kier alpha value is -1.94. The summed E-state index contributed by atoms with van der Waals surface area (Å²) in [5.41, 5.74) is -0.377. The molecular weight excluding hydrogens is 416 g/mol. The van der Waals surface area contributed by atoms with Gasteiger partial charge >= 0.3 is 12.2 Å². The van der Waals surface area contributed by atoms with Crippen LogP contribution in [0.25, 0.3) is 10.9 Å². The molecule has 2 heterocycles. The van der Waals surface area contributed by atoms with E-state index in [2.05, 4.69) is 15.0 Å². The van der Waals surface area contributed by atoms with Crippen LogP contribution in [0.4, 0.5) is 17.6 Å². The maximum absolute atomic E-state index is 14.3. The number of rotatable bonds is 7. The Morgan fingerprint density at radius 2 is 1.83 bits per heavy atom. The smallest absolute Gasteiger partial charge is 0.422 e. The Balaban J connectivity index is 0.00000145. The van der Waals surface area contributed by atoms with Gasteiger partial charge in [0.25, 0.3) is 0 Å². The van der Waals surface area contributed by atoms with E-state index in [1.807, 2.05) is 32.8 Å². The lowest BCUT2D eigenvalue weighted by Crippen LogP contribution is -2.28. The molecule has 29 heavy (non-hydrogen) atoms. The van der Waals surface area contributed by atoms with E-state index in [1.165, 1.54) is 0 Å². The van der Waals surface area contributed by atoms with Crippen LogP contribution >= 0.6 is 11.6 Å². The molecule has 1 fully saturated rings. The fourth-order valence-electron chi connectivity index (χ4n) is 2.73. The van der Waals surface area contributed by atoms with Crippen LogP contribution in [0.15, 0.2) is 6.20 Å². The Kier molecular flexibility index (Phi) is 7.45. The summed E-state index contributed by atoms with van der Waals surface area (Å²) in [7, 11) is 3.86. The molecule has 162 valence electrons. The van der Waals surface area contributed by atoms with E-state index in [4.69, 9.17) is 21.1 Å². The molecule has 0 unspecified atom stereocenters. The molecule has 0 radical (unpaired) electrons. The standard InChI is InChI=1S/C16H17ClF4N4O2.C2H6/c1-25(2)6-15(3-4-15)7-27-14-23-11-9(5-22-12(17)10(11)18)13(24-14)26-8-16(19,20)21;1-2/h5H,3-4,6-8H2,1-2H3;1-2H3. The number of hydrogen-bond donors (Lipinski definition) is 0. The number of aromatic nitrogens is 3. The molecule has 0 aromatic carbocycles. The third kappa shape index (κ3) is 6.27. The van der Waals surface area contributed by atoms with Crippen molar-refractivity contribution >= 4 is 22.5 Å². The van der Waals surface area contributed by atoms with E-state index >= 15 is 0 Å². The highest BCUT2D eigenvalue weighted by atomic mass is 35.5. The molecule has 1 aliphatic carbocycles. The highest BCUT2D eigenvalue weighted by Crippen LogP contribution is 2.46. The van der Waals surface area contributed by atoms with Gasteiger partial charge in [0.1, 0.15) is 5.52 Å². The van der Waals surface area contributed by atoms with Gasteiger partial charge in [0.2, 0.25) is 5.88 Å². The molecule has 3 rings (SSSR count). The minimum absolute atomic E-state index is 0.0662. The van der Waals surface area contributed by atoms with Crippen molar-refractivity contribution in [3.8, 4) is 11.9 Å². The van der Waals surface area contributed by atoms with Gasteiger partial charge in [0, 0.05) is 18.2 Å². The lowest BCUT2D eigenvalue weighted by Gasteiger charge is -2.20. The second kappa shape index (κ2) is 9.25. The molecule has 2 aromatic heterocycles. The second-order valence-corrected chi connectivity index (χ2v) is 7.22. The molecule has 0 atom stereocenters. The number of nitrogens with zero attached hydrogens (tertiary/aromatic N) is 4. The van der Waals surface area contributed by atoms with Crippen LogP contribution in [0.3, 0.4) is 0 Å². The first-order valence-electron chi connectivity index (χ1n) is 9.07. The third-order valence-electron chi connectivity index (χ3n) is 4.07. The Bertz CT molecular complexity index is 845. The van der Waals surface area contributed by atoms with Crippen LogP contribution in [0.1, 0.15) is 26.7 Å². The van der Waals surface area contributed by atoms with Crippen LogP contribution in [0, 0.1) is 11.2 Å². The minimum atomic E-state index is -4.58. The number of alkyl halides is 3. The van der Waals surface area contributed by atoms with Crippen molar-refractivity contribution in [3.63, 3.8) is 0 Å². The van der Waals surface area contributed by atoms with Crippen molar-refractivity contribution in [3.05, 3.63) is 17.2 Å². The van der Waals surface area contributed by atoms with E-state index in [1.54, 1.807) is 0 Å². The molecule has 2 aromatic rings. The molecule has 0 amide bonds. The largest absolute Gasteiger partial charge is 0.467 e. The van der Waals surface area contributed by atoms with E-state index in [0.29, 0.717) is 0 Å². The molecule has 0 N–H and O–H groups in total. The number of ether oxygens (including phenoxy) is 2. The molecule has 0 aliphatic heterocycles. The molecule has 0 spiro atoms. The fourth-order valence-corrected chi connectivity index (χ4v) is 2.86. The molecule has 0 bridgehead atoms. The summed E-state index contributed by atoms with van der Waals surface area (Å²) >= 11 is 5.65. The van der Waals surface area contributed by atoms with Crippen LogP contribution in [0.2, 0.25) is 5.15 Å². The van der Waals surface area contributed by atoms with Gasteiger partial charge in [-0.05, 0) is 26.9 Å². The van der Waals surface area contributed by atoms with Gasteiger partial charge in [-0.1, -0.05) is 25.4 Å². The van der Waals surface area contributed by atoms with Gasteiger partial charge in [0.15, 0.2) is 17.6 Å². The lowest BCUT2D eigenvalue weighted by atomic mass is 10.1. The number of fused-ring (bicyclic) bond motifs is 1. The summed E-state index contributed by atoms with van der Waals surface area (Å²) in [5, 5.41) is -0.580. The lowest BCUT2D eigenvalue weighted by molar-refractivity contribution is -0.153. The van der Waals surface area contributed by atoms with Crippen molar-refractivity contribution < 1.29 is 27.0 Å². The highest BCUT2D eigenvalue weighted by molar-refractivity contribution is 6.30. The van der Waals surface area contributed by atoms with Crippen molar-refractivity contribution in [1.29, 1.82) is 0 Å². The average molecular weight is 439 g/mol. The van der Waals surface area contributed by atoms with Gasteiger partial charge in [0.05, 0.1) is 12.0 Å². The van der Waals surface area contributed by atoms with Crippen molar-refractivity contribution in [2.45, 2.75) is 32.9 Å². The quantitative estimate of drug-likeness (QED) is 0.468. The first-order chi connectivity index (χ1) is 13.6. The van der Waals surface area contributed by atoms with Crippen molar-refractivity contribution in [2.75, 3.05) is 33.9 Å². The molecule has 6 nitrogen and oxygen atoms in total. The van der Waals surface area contributed by atoms with E-state index < -0.39 is 29.6 Å². The zero-order valence-corrected chi connectivity index (χ0v) is 17.4. The Morgan fingerprint density at radius 3 is 2.38 bits per heavy atom. The predicted molar refractivity (Wildman–Crippen MR) is 101 cm³/mol. The third-order valence-corrected chi connectivity index (χ3v) is 4.34. The zero-order valence-electron chi connectivity index (χ0n) is 16.6. The summed E-state index contributed by atoms with van der Waals surface area (Å²) in [6, 6.07) is -0.272. The fraction of sp³-hybridized carbons (Fsp3) is 0.611. The van der Waals surface area contributed by atoms with E-state index in [9.17, 15) is 17.6 Å². The monoisotopic (exact) mass is 438 g/mol. The zero-order chi connectivity index (χ0) is 21.8. The topological polar surface area (TPSA) is 60.4 Å². The normalized spacial score (nSPS) is 15.1. The first kappa shape index (κ1) is 23.3. The van der Waals surface area contributed by atoms with Gasteiger partial charge in [-0.15, -0.1) is 0 Å².